The van der Waals surface area contributed by atoms with E-state index in [4.69, 9.17) is 23.2 Å². The molecular formula is C19H13Cl2NO. The Morgan fingerprint density at radius 3 is 2.30 bits per heavy atom. The molecule has 0 fully saturated rings. The molecule has 0 aliphatic rings. The van der Waals surface area contributed by atoms with E-state index < -0.39 is 0 Å². The van der Waals surface area contributed by atoms with Gasteiger partial charge in [-0.25, -0.2) is 0 Å². The van der Waals surface area contributed by atoms with Crippen molar-refractivity contribution in [2.24, 2.45) is 0 Å². The van der Waals surface area contributed by atoms with Gasteiger partial charge in [0.05, 0.1) is 10.6 Å². The Labute approximate surface area is 144 Å². The van der Waals surface area contributed by atoms with E-state index in [0.717, 1.165) is 16.8 Å². The van der Waals surface area contributed by atoms with Gasteiger partial charge in [-0.15, -0.1) is 0 Å². The van der Waals surface area contributed by atoms with Crippen LogP contribution in [0, 0.1) is 0 Å². The number of nitrogens with one attached hydrogen (secondary N) is 1. The van der Waals surface area contributed by atoms with E-state index in [9.17, 15) is 4.79 Å². The van der Waals surface area contributed by atoms with E-state index in [1.165, 1.54) is 0 Å². The third kappa shape index (κ3) is 3.55. The van der Waals surface area contributed by atoms with Crippen LogP contribution in [0.2, 0.25) is 10.0 Å². The molecule has 0 aliphatic heterocycles. The van der Waals surface area contributed by atoms with Gasteiger partial charge in [-0.1, -0.05) is 71.7 Å². The summed E-state index contributed by atoms with van der Waals surface area (Å²) in [6, 6.07) is 22.3. The maximum Gasteiger partial charge on any atom is 0.257 e. The largest absolute Gasteiger partial charge is 0.321 e. The Bertz CT molecular complexity index is 847. The molecule has 1 amide bonds. The average Bonchev–Trinajstić information content (AvgIpc) is 2.58. The van der Waals surface area contributed by atoms with Gasteiger partial charge in [0.2, 0.25) is 0 Å². The first kappa shape index (κ1) is 15.6. The fourth-order valence-electron chi connectivity index (χ4n) is 2.32. The minimum absolute atomic E-state index is 0.291. The number of amides is 1. The minimum Gasteiger partial charge on any atom is -0.321 e. The molecule has 0 heterocycles. The summed E-state index contributed by atoms with van der Waals surface area (Å²) in [5, 5.41) is 3.74. The van der Waals surface area contributed by atoms with E-state index in [1.54, 1.807) is 18.2 Å². The van der Waals surface area contributed by atoms with Crippen LogP contribution < -0.4 is 5.32 Å². The van der Waals surface area contributed by atoms with Crippen molar-refractivity contribution in [3.05, 3.63) is 88.4 Å². The minimum atomic E-state index is -0.291. The molecule has 114 valence electrons. The van der Waals surface area contributed by atoms with Gasteiger partial charge in [-0.2, -0.15) is 0 Å². The predicted molar refractivity (Wildman–Crippen MR) is 96.3 cm³/mol. The molecule has 0 aliphatic carbocycles. The number of benzene rings is 3. The maximum absolute atomic E-state index is 12.5. The lowest BCUT2D eigenvalue weighted by Crippen LogP contribution is -2.13. The first-order valence-corrected chi connectivity index (χ1v) is 7.81. The number of hydrogen-bond donors (Lipinski definition) is 1. The fraction of sp³-hybridized carbons (Fsp3) is 0. The zero-order chi connectivity index (χ0) is 16.2. The van der Waals surface area contributed by atoms with Crippen molar-refractivity contribution in [3.63, 3.8) is 0 Å². The highest BCUT2D eigenvalue weighted by Gasteiger charge is 2.13. The Morgan fingerprint density at radius 2 is 1.52 bits per heavy atom. The fourth-order valence-corrected chi connectivity index (χ4v) is 2.70. The number of anilines is 1. The van der Waals surface area contributed by atoms with Crippen molar-refractivity contribution in [2.45, 2.75) is 0 Å². The second-order valence-corrected chi connectivity index (χ2v) is 5.83. The number of halogens is 2. The lowest BCUT2D eigenvalue weighted by Gasteiger charge is -2.12. The maximum atomic E-state index is 12.5. The van der Waals surface area contributed by atoms with Crippen LogP contribution in [0.3, 0.4) is 0 Å². The van der Waals surface area contributed by atoms with Crippen LogP contribution in [-0.2, 0) is 0 Å². The second-order valence-electron chi connectivity index (χ2n) is 4.99. The Hall–Kier alpha value is -2.29. The summed E-state index contributed by atoms with van der Waals surface area (Å²) in [6.45, 7) is 0. The van der Waals surface area contributed by atoms with E-state index >= 15 is 0 Å². The molecule has 0 spiro atoms. The SMILES string of the molecule is O=C(Nc1ccccc1-c1ccccc1)c1cc(Cl)ccc1Cl. The van der Waals surface area contributed by atoms with Gasteiger partial charge < -0.3 is 5.32 Å². The van der Waals surface area contributed by atoms with Crippen molar-refractivity contribution in [3.8, 4) is 11.1 Å². The topological polar surface area (TPSA) is 29.1 Å². The molecule has 0 atom stereocenters. The van der Waals surface area contributed by atoms with Gasteiger partial charge in [-0.05, 0) is 29.8 Å². The van der Waals surface area contributed by atoms with Crippen molar-refractivity contribution in [1.82, 2.24) is 0 Å². The first-order chi connectivity index (χ1) is 11.1. The third-order valence-electron chi connectivity index (χ3n) is 3.43. The Kier molecular flexibility index (Phi) is 4.65. The number of hydrogen-bond acceptors (Lipinski definition) is 1. The van der Waals surface area contributed by atoms with Gasteiger partial charge in [-0.3, -0.25) is 4.79 Å². The number of rotatable bonds is 3. The summed E-state index contributed by atoms with van der Waals surface area (Å²) in [5.41, 5.74) is 3.04. The lowest BCUT2D eigenvalue weighted by atomic mass is 10.0. The van der Waals surface area contributed by atoms with Crippen molar-refractivity contribution >= 4 is 34.8 Å². The number of para-hydroxylation sites is 1. The summed E-state index contributed by atoms with van der Waals surface area (Å²) < 4.78 is 0. The van der Waals surface area contributed by atoms with E-state index in [1.807, 2.05) is 54.6 Å². The molecule has 23 heavy (non-hydrogen) atoms. The van der Waals surface area contributed by atoms with Crippen LogP contribution in [0.15, 0.2) is 72.8 Å². The van der Waals surface area contributed by atoms with Crippen LogP contribution in [0.4, 0.5) is 5.69 Å². The second kappa shape index (κ2) is 6.86. The average molecular weight is 342 g/mol. The summed E-state index contributed by atoms with van der Waals surface area (Å²) >= 11 is 12.0. The van der Waals surface area contributed by atoms with E-state index in [2.05, 4.69) is 5.32 Å². The molecule has 3 rings (SSSR count). The van der Waals surface area contributed by atoms with Gasteiger partial charge in [0.25, 0.3) is 5.91 Å². The highest BCUT2D eigenvalue weighted by Crippen LogP contribution is 2.29. The standard InChI is InChI=1S/C19H13Cl2NO/c20-14-10-11-17(21)16(12-14)19(23)22-18-9-5-4-8-15(18)13-6-2-1-3-7-13/h1-12H,(H,22,23). The van der Waals surface area contributed by atoms with E-state index in [0.29, 0.717) is 15.6 Å². The summed E-state index contributed by atoms with van der Waals surface area (Å²) in [5.74, 6) is -0.291. The van der Waals surface area contributed by atoms with Crippen molar-refractivity contribution < 1.29 is 4.79 Å². The van der Waals surface area contributed by atoms with Gasteiger partial charge in [0.15, 0.2) is 0 Å². The summed E-state index contributed by atoms with van der Waals surface area (Å²) in [7, 11) is 0. The van der Waals surface area contributed by atoms with Crippen LogP contribution in [0.25, 0.3) is 11.1 Å². The molecular weight excluding hydrogens is 329 g/mol. The van der Waals surface area contributed by atoms with Crippen LogP contribution in [0.1, 0.15) is 10.4 Å². The van der Waals surface area contributed by atoms with Gasteiger partial charge in [0.1, 0.15) is 0 Å². The molecule has 0 aromatic heterocycles. The number of carbonyl (C=O) groups is 1. The molecule has 3 aromatic rings. The predicted octanol–water partition coefficient (Wildman–Crippen LogP) is 5.91. The summed E-state index contributed by atoms with van der Waals surface area (Å²) in [6.07, 6.45) is 0. The van der Waals surface area contributed by atoms with Gasteiger partial charge in [0, 0.05) is 16.3 Å². The molecule has 0 bridgehead atoms. The van der Waals surface area contributed by atoms with E-state index in [-0.39, 0.29) is 5.91 Å². The molecule has 0 radical (unpaired) electrons. The Balaban J connectivity index is 1.95. The zero-order valence-electron chi connectivity index (χ0n) is 12.1. The van der Waals surface area contributed by atoms with Crippen molar-refractivity contribution in [1.29, 1.82) is 0 Å². The smallest absolute Gasteiger partial charge is 0.257 e. The lowest BCUT2D eigenvalue weighted by molar-refractivity contribution is 0.102. The molecule has 3 aromatic carbocycles. The highest BCUT2D eigenvalue weighted by molar-refractivity contribution is 6.36. The van der Waals surface area contributed by atoms with Crippen LogP contribution in [-0.4, -0.2) is 5.91 Å². The molecule has 0 saturated heterocycles. The molecule has 1 N–H and O–H groups in total. The first-order valence-electron chi connectivity index (χ1n) is 7.06. The van der Waals surface area contributed by atoms with Crippen LogP contribution in [0.5, 0.6) is 0 Å². The Morgan fingerprint density at radius 1 is 0.826 bits per heavy atom. The highest BCUT2D eigenvalue weighted by atomic mass is 35.5. The van der Waals surface area contributed by atoms with Crippen molar-refractivity contribution in [2.75, 3.05) is 5.32 Å². The van der Waals surface area contributed by atoms with Crippen LogP contribution >= 0.6 is 23.2 Å². The quantitative estimate of drug-likeness (QED) is 0.630. The molecule has 0 unspecified atom stereocenters. The normalized spacial score (nSPS) is 10.3. The number of carbonyl (C=O) groups excluding carboxylic acids is 1. The summed E-state index contributed by atoms with van der Waals surface area (Å²) in [4.78, 5) is 12.5. The molecule has 4 heteroatoms. The molecule has 0 saturated carbocycles. The monoisotopic (exact) mass is 341 g/mol. The third-order valence-corrected chi connectivity index (χ3v) is 4.00. The van der Waals surface area contributed by atoms with Gasteiger partial charge >= 0.3 is 0 Å². The molecule has 2 nitrogen and oxygen atoms in total. The zero-order valence-corrected chi connectivity index (χ0v) is 13.6.